The lowest BCUT2D eigenvalue weighted by atomic mass is 10.2. The largest absolute Gasteiger partial charge is 0.476 e. The number of hydrogen-bond donors (Lipinski definition) is 2. The Balaban J connectivity index is 2.12. The molecule has 2 rings (SSSR count). The van der Waals surface area contributed by atoms with Crippen molar-refractivity contribution >= 4 is 23.0 Å². The minimum absolute atomic E-state index is 0.0662. The van der Waals surface area contributed by atoms with Gasteiger partial charge in [0.2, 0.25) is 5.01 Å². The van der Waals surface area contributed by atoms with Crippen LogP contribution < -0.4 is 5.32 Å². The summed E-state index contributed by atoms with van der Waals surface area (Å²) in [5, 5.41) is 12.4. The van der Waals surface area contributed by atoms with Crippen LogP contribution in [0.25, 0.3) is 0 Å². The number of carboxylic acid groups (broad SMARTS) is 1. The van der Waals surface area contributed by atoms with E-state index < -0.39 is 29.1 Å². The molecule has 1 aromatic carbocycles. The molecule has 0 aliphatic heterocycles. The van der Waals surface area contributed by atoms with Crippen molar-refractivity contribution in [3.05, 3.63) is 45.7 Å². The van der Waals surface area contributed by atoms with E-state index in [1.807, 2.05) is 0 Å². The predicted octanol–water partition coefficient (Wildman–Crippen LogP) is 2.87. The van der Waals surface area contributed by atoms with Gasteiger partial charge in [-0.05, 0) is 0 Å². The van der Waals surface area contributed by atoms with Crippen molar-refractivity contribution in [3.63, 3.8) is 0 Å². The number of halogens is 3. The van der Waals surface area contributed by atoms with Crippen molar-refractivity contribution in [3.8, 4) is 0 Å². The molecule has 0 unspecified atom stereocenters. The second kappa shape index (κ2) is 5.27. The van der Waals surface area contributed by atoms with E-state index in [2.05, 4.69) is 10.3 Å². The fourth-order valence-corrected chi connectivity index (χ4v) is 2.03. The summed E-state index contributed by atoms with van der Waals surface area (Å²) >= 11 is 0.905. The van der Waals surface area contributed by atoms with Crippen LogP contribution >= 0.6 is 11.3 Å². The molecule has 0 radical (unpaired) electrons. The van der Waals surface area contributed by atoms with Crippen LogP contribution in [0, 0.1) is 17.5 Å². The van der Waals surface area contributed by atoms with Gasteiger partial charge in [0.05, 0.1) is 12.2 Å². The highest BCUT2D eigenvalue weighted by Crippen LogP contribution is 2.21. The first-order valence-corrected chi connectivity index (χ1v) is 5.91. The Labute approximate surface area is 109 Å². The van der Waals surface area contributed by atoms with Gasteiger partial charge < -0.3 is 10.4 Å². The third-order valence-corrected chi connectivity index (χ3v) is 3.07. The van der Waals surface area contributed by atoms with E-state index in [1.54, 1.807) is 0 Å². The standard InChI is InChI=1S/C11H7F3N2O2S/c12-5-1-7(13)9(8(14)2-5)15-3-6-4-19-10(16-6)11(17)18/h1-2,4,15H,3H2,(H,17,18). The Bertz CT molecular complexity index is 607. The molecule has 0 bridgehead atoms. The first kappa shape index (κ1) is 13.3. The Morgan fingerprint density at radius 1 is 1.32 bits per heavy atom. The van der Waals surface area contributed by atoms with Crippen molar-refractivity contribution in [2.75, 3.05) is 5.32 Å². The molecule has 8 heteroatoms. The summed E-state index contributed by atoms with van der Waals surface area (Å²) in [6.07, 6.45) is 0. The van der Waals surface area contributed by atoms with Crippen LogP contribution in [0.1, 0.15) is 15.5 Å². The van der Waals surface area contributed by atoms with Crippen molar-refractivity contribution in [1.29, 1.82) is 0 Å². The van der Waals surface area contributed by atoms with Crippen molar-refractivity contribution < 1.29 is 23.1 Å². The molecular formula is C11H7F3N2O2S. The molecule has 4 nitrogen and oxygen atoms in total. The summed E-state index contributed by atoms with van der Waals surface area (Å²) in [7, 11) is 0. The first-order chi connectivity index (χ1) is 8.97. The molecule has 2 N–H and O–H groups in total. The molecule has 0 amide bonds. The smallest absolute Gasteiger partial charge is 0.365 e. The molecule has 0 fully saturated rings. The normalized spacial score (nSPS) is 10.5. The van der Waals surface area contributed by atoms with Crippen LogP contribution in [0.2, 0.25) is 0 Å². The Kier molecular flexibility index (Phi) is 3.70. The second-order valence-electron chi connectivity index (χ2n) is 3.55. The van der Waals surface area contributed by atoms with Crippen LogP contribution in [-0.4, -0.2) is 16.1 Å². The van der Waals surface area contributed by atoms with Crippen molar-refractivity contribution in [2.45, 2.75) is 6.54 Å². The van der Waals surface area contributed by atoms with Gasteiger partial charge in [0.15, 0.2) is 11.6 Å². The monoisotopic (exact) mass is 288 g/mol. The van der Waals surface area contributed by atoms with Gasteiger partial charge in [-0.3, -0.25) is 0 Å². The molecule has 1 heterocycles. The molecule has 2 aromatic rings. The number of nitrogens with one attached hydrogen (secondary N) is 1. The zero-order valence-electron chi connectivity index (χ0n) is 9.28. The quantitative estimate of drug-likeness (QED) is 0.908. The van der Waals surface area contributed by atoms with Gasteiger partial charge in [0.25, 0.3) is 0 Å². The highest BCUT2D eigenvalue weighted by Gasteiger charge is 2.13. The Morgan fingerprint density at radius 2 is 1.95 bits per heavy atom. The van der Waals surface area contributed by atoms with E-state index in [4.69, 9.17) is 5.11 Å². The third kappa shape index (κ3) is 3.02. The third-order valence-electron chi connectivity index (χ3n) is 2.19. The summed E-state index contributed by atoms with van der Waals surface area (Å²) in [5.74, 6) is -4.31. The number of hydrogen-bond acceptors (Lipinski definition) is 4. The number of benzene rings is 1. The zero-order chi connectivity index (χ0) is 14.0. The average molecular weight is 288 g/mol. The van der Waals surface area contributed by atoms with Crippen LogP contribution in [-0.2, 0) is 6.54 Å². The first-order valence-electron chi connectivity index (χ1n) is 5.03. The minimum Gasteiger partial charge on any atom is -0.476 e. The van der Waals surface area contributed by atoms with Gasteiger partial charge in [0.1, 0.15) is 11.5 Å². The molecular weight excluding hydrogens is 281 g/mol. The topological polar surface area (TPSA) is 62.2 Å². The van der Waals surface area contributed by atoms with Crippen LogP contribution in [0.4, 0.5) is 18.9 Å². The van der Waals surface area contributed by atoms with Crippen LogP contribution in [0.15, 0.2) is 17.5 Å². The van der Waals surface area contributed by atoms with Gasteiger partial charge in [-0.2, -0.15) is 0 Å². The highest BCUT2D eigenvalue weighted by molar-refractivity contribution is 7.11. The van der Waals surface area contributed by atoms with E-state index in [0.717, 1.165) is 11.3 Å². The van der Waals surface area contributed by atoms with Crippen LogP contribution in [0.5, 0.6) is 0 Å². The molecule has 0 spiro atoms. The lowest BCUT2D eigenvalue weighted by Crippen LogP contribution is -2.05. The summed E-state index contributed by atoms with van der Waals surface area (Å²) in [6.45, 7) is -0.0662. The summed E-state index contributed by atoms with van der Waals surface area (Å²) in [6, 6.07) is 1.10. The fraction of sp³-hybridized carbons (Fsp3) is 0.0909. The molecule has 0 atom stereocenters. The number of aromatic carboxylic acids is 1. The zero-order valence-corrected chi connectivity index (χ0v) is 10.1. The SMILES string of the molecule is O=C(O)c1nc(CNc2c(F)cc(F)cc2F)cs1. The lowest BCUT2D eigenvalue weighted by molar-refractivity contribution is 0.0696. The highest BCUT2D eigenvalue weighted by atomic mass is 32.1. The van der Waals surface area contributed by atoms with Gasteiger partial charge in [0, 0.05) is 17.5 Å². The van der Waals surface area contributed by atoms with E-state index >= 15 is 0 Å². The molecule has 19 heavy (non-hydrogen) atoms. The second-order valence-corrected chi connectivity index (χ2v) is 4.41. The van der Waals surface area contributed by atoms with Gasteiger partial charge in [-0.1, -0.05) is 0 Å². The Morgan fingerprint density at radius 3 is 2.47 bits per heavy atom. The summed E-state index contributed by atoms with van der Waals surface area (Å²) in [4.78, 5) is 14.3. The number of anilines is 1. The maximum atomic E-state index is 13.3. The lowest BCUT2D eigenvalue weighted by Gasteiger charge is -2.07. The Hall–Kier alpha value is -2.09. The predicted molar refractivity (Wildman–Crippen MR) is 62.7 cm³/mol. The molecule has 0 aliphatic rings. The van der Waals surface area contributed by atoms with Gasteiger partial charge in [-0.15, -0.1) is 11.3 Å². The maximum absolute atomic E-state index is 13.3. The molecule has 0 saturated heterocycles. The van der Waals surface area contributed by atoms with E-state index in [-0.39, 0.29) is 11.6 Å². The van der Waals surface area contributed by atoms with Crippen molar-refractivity contribution in [1.82, 2.24) is 4.98 Å². The molecule has 0 saturated carbocycles. The average Bonchev–Trinajstić information content (AvgIpc) is 2.76. The minimum atomic E-state index is -1.17. The van der Waals surface area contributed by atoms with Crippen LogP contribution in [0.3, 0.4) is 0 Å². The maximum Gasteiger partial charge on any atom is 0.365 e. The van der Waals surface area contributed by atoms with Gasteiger partial charge in [-0.25, -0.2) is 22.9 Å². The number of carbonyl (C=O) groups is 1. The van der Waals surface area contributed by atoms with E-state index in [1.165, 1.54) is 5.38 Å². The van der Waals surface area contributed by atoms with Gasteiger partial charge >= 0.3 is 5.97 Å². The number of nitrogens with zero attached hydrogens (tertiary/aromatic N) is 1. The summed E-state index contributed by atoms with van der Waals surface area (Å²) in [5.41, 5.74) is -0.156. The molecule has 1 aromatic heterocycles. The summed E-state index contributed by atoms with van der Waals surface area (Å²) < 4.78 is 39.3. The number of aromatic nitrogens is 1. The van der Waals surface area contributed by atoms with E-state index in [9.17, 15) is 18.0 Å². The number of carboxylic acids is 1. The fourth-order valence-electron chi connectivity index (χ4n) is 1.38. The molecule has 100 valence electrons. The number of rotatable bonds is 4. The van der Waals surface area contributed by atoms with Crippen molar-refractivity contribution in [2.24, 2.45) is 0 Å². The number of thiazole rings is 1. The molecule has 0 aliphatic carbocycles. The van der Waals surface area contributed by atoms with E-state index in [0.29, 0.717) is 17.8 Å².